The molecule has 1 aromatic heterocycles. The van der Waals surface area contributed by atoms with Crippen LogP contribution in [-0.2, 0) is 9.47 Å². The molecule has 0 aliphatic heterocycles. The van der Waals surface area contributed by atoms with Crippen LogP contribution in [0.5, 0.6) is 0 Å². The molecule has 0 saturated carbocycles. The summed E-state index contributed by atoms with van der Waals surface area (Å²) in [4.78, 5) is 36.4. The summed E-state index contributed by atoms with van der Waals surface area (Å²) in [6.45, 7) is 4.76. The number of esters is 2. The molecular weight excluding hydrogens is 636 g/mol. The summed E-state index contributed by atoms with van der Waals surface area (Å²) in [6.07, 6.45) is 5.48. The second-order valence-corrected chi connectivity index (χ2v) is 11.7. The Morgan fingerprint density at radius 3 is 1.45 bits per heavy atom. The summed E-state index contributed by atoms with van der Waals surface area (Å²) in [5.41, 5.74) is 2.77. The molecule has 0 radical (unpaired) electrons. The Morgan fingerprint density at radius 1 is 0.625 bits per heavy atom. The van der Waals surface area contributed by atoms with Crippen molar-refractivity contribution in [3.63, 3.8) is 0 Å². The molecule has 0 unspecified atom stereocenters. The number of fused-ring (bicyclic) bond motifs is 7. The van der Waals surface area contributed by atoms with Crippen LogP contribution < -0.4 is 0 Å². The predicted molar refractivity (Wildman–Crippen MR) is 167 cm³/mol. The monoisotopic (exact) mass is 664 g/mol. The first-order valence-corrected chi connectivity index (χ1v) is 15.3. The van der Waals surface area contributed by atoms with Crippen molar-refractivity contribution in [2.75, 3.05) is 13.2 Å². The van der Waals surface area contributed by atoms with E-state index in [4.69, 9.17) is 19.4 Å². The number of hydrogen-bond donors (Lipinski definition) is 0. The van der Waals surface area contributed by atoms with Crippen LogP contribution in [0.4, 0.5) is 0 Å². The van der Waals surface area contributed by atoms with Crippen LogP contribution in [0.15, 0.2) is 57.5 Å². The van der Waals surface area contributed by atoms with Crippen LogP contribution in [0.2, 0.25) is 0 Å². The topological polar surface area (TPSA) is 78.4 Å². The minimum atomic E-state index is -0.558. The quantitative estimate of drug-likeness (QED) is 0.0640. The number of benzene rings is 4. The van der Waals surface area contributed by atoms with Crippen LogP contribution in [-0.4, -0.2) is 35.1 Å². The maximum absolute atomic E-state index is 13.2. The van der Waals surface area contributed by atoms with E-state index in [2.05, 4.69) is 57.8 Å². The Bertz CT molecular complexity index is 1620. The van der Waals surface area contributed by atoms with Gasteiger partial charge in [0, 0.05) is 19.7 Å². The highest BCUT2D eigenvalue weighted by atomic mass is 79.9. The smallest absolute Gasteiger partial charge is 0.339 e. The summed E-state index contributed by atoms with van der Waals surface area (Å²) < 4.78 is 13.0. The van der Waals surface area contributed by atoms with E-state index in [1.165, 1.54) is 0 Å². The van der Waals surface area contributed by atoms with Crippen molar-refractivity contribution in [3.05, 3.63) is 68.6 Å². The third-order valence-corrected chi connectivity index (χ3v) is 7.96. The first-order chi connectivity index (χ1) is 19.4. The molecule has 4 aromatic carbocycles. The van der Waals surface area contributed by atoms with Crippen molar-refractivity contribution in [2.45, 2.75) is 52.4 Å². The highest BCUT2D eigenvalue weighted by Gasteiger charge is 2.23. The fourth-order valence-corrected chi connectivity index (χ4v) is 5.62. The lowest BCUT2D eigenvalue weighted by molar-refractivity contribution is 0.0451. The Hall–Kier alpha value is -3.10. The molecule has 0 atom stereocenters. The normalized spacial score (nSPS) is 11.5. The second-order valence-electron chi connectivity index (χ2n) is 9.87. The van der Waals surface area contributed by atoms with E-state index in [9.17, 15) is 9.59 Å². The number of halogens is 2. The molecule has 0 amide bonds. The summed E-state index contributed by atoms with van der Waals surface area (Å²) in [5, 5.41) is 3.96. The average Bonchev–Trinajstić information content (AvgIpc) is 2.95. The molecule has 1 heterocycles. The SMILES string of the molecule is CCCCCOC(=O)c1cc2nc3c4ccc(Br)cc4c4cc(Br)ccc4c3nc2cc1C(=O)OCCCCC. The van der Waals surface area contributed by atoms with E-state index < -0.39 is 11.9 Å². The number of carbonyl (C=O) groups is 2. The van der Waals surface area contributed by atoms with Gasteiger partial charge in [0.15, 0.2) is 0 Å². The highest BCUT2D eigenvalue weighted by molar-refractivity contribution is 9.10. The van der Waals surface area contributed by atoms with E-state index in [-0.39, 0.29) is 11.1 Å². The van der Waals surface area contributed by atoms with Crippen molar-refractivity contribution in [1.82, 2.24) is 9.97 Å². The molecule has 6 nitrogen and oxygen atoms in total. The number of nitrogens with zero attached hydrogens (tertiary/aromatic N) is 2. The first kappa shape index (κ1) is 28.4. The van der Waals surface area contributed by atoms with E-state index in [1.54, 1.807) is 12.1 Å². The van der Waals surface area contributed by atoms with Crippen molar-refractivity contribution < 1.29 is 19.1 Å². The zero-order chi connectivity index (χ0) is 28.2. The lowest BCUT2D eigenvalue weighted by Gasteiger charge is -2.13. The van der Waals surface area contributed by atoms with Crippen LogP contribution in [0, 0.1) is 0 Å². The van der Waals surface area contributed by atoms with Crippen molar-refractivity contribution in [2.24, 2.45) is 0 Å². The average molecular weight is 666 g/mol. The zero-order valence-electron chi connectivity index (χ0n) is 22.6. The van der Waals surface area contributed by atoms with Gasteiger partial charge in [-0.1, -0.05) is 83.5 Å². The molecule has 0 fully saturated rings. The van der Waals surface area contributed by atoms with E-state index in [1.807, 2.05) is 24.3 Å². The van der Waals surface area contributed by atoms with Gasteiger partial charge in [0.25, 0.3) is 0 Å². The maximum atomic E-state index is 13.2. The van der Waals surface area contributed by atoms with Gasteiger partial charge in [-0.3, -0.25) is 0 Å². The standard InChI is InChI=1S/C32H30Br2N2O4/c1-3-5-7-13-39-31(37)25-17-27-28(18-26(25)32(38)40-14-8-6-4-2)36-30-22-12-10-20(34)16-24(22)23-15-19(33)9-11-21(23)29(30)35-27/h9-12,15-18H,3-8,13-14H2,1-2H3. The van der Waals surface area contributed by atoms with Crippen LogP contribution in [0.1, 0.15) is 73.1 Å². The van der Waals surface area contributed by atoms with E-state index >= 15 is 0 Å². The Balaban J connectivity index is 1.70. The molecule has 0 spiro atoms. The van der Waals surface area contributed by atoms with Crippen molar-refractivity contribution >= 4 is 87.4 Å². The molecule has 40 heavy (non-hydrogen) atoms. The molecular formula is C32H30Br2N2O4. The minimum absolute atomic E-state index is 0.148. The molecule has 0 aliphatic rings. The number of carbonyl (C=O) groups excluding carboxylic acids is 2. The van der Waals surface area contributed by atoms with Crippen LogP contribution in [0.25, 0.3) is 43.6 Å². The van der Waals surface area contributed by atoms with Gasteiger partial charge in [-0.2, -0.15) is 0 Å². The van der Waals surface area contributed by atoms with Crippen molar-refractivity contribution in [3.8, 4) is 0 Å². The number of rotatable bonds is 10. The lowest BCUT2D eigenvalue weighted by atomic mass is 9.99. The molecule has 0 bridgehead atoms. The zero-order valence-corrected chi connectivity index (χ0v) is 25.7. The third-order valence-electron chi connectivity index (χ3n) is 6.97. The summed E-state index contributed by atoms with van der Waals surface area (Å²) in [7, 11) is 0. The number of ether oxygens (including phenoxy) is 2. The Kier molecular flexibility index (Phi) is 8.96. The van der Waals surface area contributed by atoms with Crippen LogP contribution in [0.3, 0.4) is 0 Å². The number of unbranched alkanes of at least 4 members (excludes halogenated alkanes) is 4. The summed E-state index contributed by atoms with van der Waals surface area (Å²) in [6, 6.07) is 15.4. The fourth-order valence-electron chi connectivity index (χ4n) is 4.90. The Morgan fingerprint density at radius 2 is 1.05 bits per heavy atom. The molecule has 0 N–H and O–H groups in total. The molecule has 206 valence electrons. The Labute approximate surface area is 249 Å². The molecule has 5 rings (SSSR count). The van der Waals surface area contributed by atoms with Gasteiger partial charge in [-0.25, -0.2) is 19.6 Å². The predicted octanol–water partition coefficient (Wildman–Crippen LogP) is 9.31. The van der Waals surface area contributed by atoms with Crippen LogP contribution >= 0.6 is 31.9 Å². The second kappa shape index (κ2) is 12.6. The number of hydrogen-bond acceptors (Lipinski definition) is 6. The number of aromatic nitrogens is 2. The van der Waals surface area contributed by atoms with Gasteiger partial charge >= 0.3 is 11.9 Å². The first-order valence-electron chi connectivity index (χ1n) is 13.7. The van der Waals surface area contributed by atoms with Gasteiger partial charge in [0.2, 0.25) is 0 Å². The molecule has 5 aromatic rings. The summed E-state index contributed by atoms with van der Waals surface area (Å²) in [5.74, 6) is -1.12. The molecule has 0 saturated heterocycles. The van der Waals surface area contributed by atoms with Gasteiger partial charge in [-0.05, 0) is 60.0 Å². The minimum Gasteiger partial charge on any atom is -0.462 e. The third kappa shape index (κ3) is 5.84. The van der Waals surface area contributed by atoms with Gasteiger partial charge < -0.3 is 9.47 Å². The largest absolute Gasteiger partial charge is 0.462 e. The van der Waals surface area contributed by atoms with E-state index in [0.29, 0.717) is 24.2 Å². The van der Waals surface area contributed by atoms with Gasteiger partial charge in [0.05, 0.1) is 46.4 Å². The van der Waals surface area contributed by atoms with Gasteiger partial charge in [0.1, 0.15) is 0 Å². The van der Waals surface area contributed by atoms with Crippen molar-refractivity contribution in [1.29, 1.82) is 0 Å². The molecule has 8 heteroatoms. The lowest BCUT2D eigenvalue weighted by Crippen LogP contribution is -2.15. The molecule has 0 aliphatic carbocycles. The highest BCUT2D eigenvalue weighted by Crippen LogP contribution is 2.37. The van der Waals surface area contributed by atoms with Gasteiger partial charge in [-0.15, -0.1) is 0 Å². The maximum Gasteiger partial charge on any atom is 0.339 e. The summed E-state index contributed by atoms with van der Waals surface area (Å²) >= 11 is 7.20. The fraction of sp³-hybridized carbons (Fsp3) is 0.312. The van der Waals surface area contributed by atoms with E-state index in [0.717, 1.165) is 80.0 Å².